The SMILES string of the molecule is Cc1cc(-c2csc3nc(C(=O)N[C@H]4COc5ccc(C#CC(C)(C)O)cc5N(C)C4=O)cn23)no1. The number of fused-ring (bicyclic) bond motifs is 2. The van der Waals surface area contributed by atoms with Gasteiger partial charge in [0.1, 0.15) is 41.1 Å². The van der Waals surface area contributed by atoms with Crippen LogP contribution in [0.3, 0.4) is 0 Å². The van der Waals surface area contributed by atoms with E-state index in [-0.39, 0.29) is 18.2 Å². The van der Waals surface area contributed by atoms with E-state index in [0.717, 1.165) is 5.69 Å². The molecular formula is C25H23N5O5S. The first kappa shape index (κ1) is 23.6. The molecule has 1 aromatic carbocycles. The van der Waals surface area contributed by atoms with Crippen LogP contribution in [0.4, 0.5) is 5.69 Å². The van der Waals surface area contributed by atoms with Crippen LogP contribution < -0.4 is 15.0 Å². The molecule has 0 unspecified atom stereocenters. The summed E-state index contributed by atoms with van der Waals surface area (Å²) in [5, 5.41) is 18.5. The van der Waals surface area contributed by atoms with Crippen molar-refractivity contribution >= 4 is 33.8 Å². The van der Waals surface area contributed by atoms with Crippen LogP contribution >= 0.6 is 11.3 Å². The highest BCUT2D eigenvalue weighted by Crippen LogP contribution is 2.32. The third-order valence-corrected chi connectivity index (χ3v) is 6.34. The monoisotopic (exact) mass is 505 g/mol. The molecule has 10 nitrogen and oxygen atoms in total. The van der Waals surface area contributed by atoms with Gasteiger partial charge in [-0.2, -0.15) is 0 Å². The van der Waals surface area contributed by atoms with Crippen LogP contribution in [0.1, 0.15) is 35.7 Å². The van der Waals surface area contributed by atoms with Crippen LogP contribution in [0.15, 0.2) is 40.4 Å². The first-order valence-corrected chi connectivity index (χ1v) is 12.0. The van der Waals surface area contributed by atoms with Gasteiger partial charge in [-0.3, -0.25) is 14.0 Å². The van der Waals surface area contributed by atoms with Crippen molar-refractivity contribution in [3.8, 4) is 29.0 Å². The molecule has 2 N–H and O–H groups in total. The van der Waals surface area contributed by atoms with Crippen LogP contribution in [-0.4, -0.2) is 56.8 Å². The maximum absolute atomic E-state index is 13.2. The topological polar surface area (TPSA) is 122 Å². The Morgan fingerprint density at radius 1 is 1.33 bits per heavy atom. The van der Waals surface area contributed by atoms with E-state index in [1.807, 2.05) is 5.38 Å². The van der Waals surface area contributed by atoms with E-state index >= 15 is 0 Å². The molecule has 1 aliphatic heterocycles. The van der Waals surface area contributed by atoms with E-state index in [9.17, 15) is 14.7 Å². The summed E-state index contributed by atoms with van der Waals surface area (Å²) in [6, 6.07) is 6.07. The predicted octanol–water partition coefficient (Wildman–Crippen LogP) is 2.64. The number of thiazole rings is 1. The van der Waals surface area contributed by atoms with Crippen molar-refractivity contribution < 1.29 is 24.0 Å². The number of rotatable bonds is 3. The Hall–Kier alpha value is -4.14. The van der Waals surface area contributed by atoms with Gasteiger partial charge in [0.25, 0.3) is 11.8 Å². The summed E-state index contributed by atoms with van der Waals surface area (Å²) in [4.78, 5) is 32.6. The minimum atomic E-state index is -1.14. The number of nitrogens with zero attached hydrogens (tertiary/aromatic N) is 4. The second-order valence-corrected chi connectivity index (χ2v) is 9.78. The molecule has 0 radical (unpaired) electrons. The minimum absolute atomic E-state index is 0.0394. The van der Waals surface area contributed by atoms with Gasteiger partial charge >= 0.3 is 0 Å². The van der Waals surface area contributed by atoms with Crippen molar-refractivity contribution in [2.75, 3.05) is 18.6 Å². The van der Waals surface area contributed by atoms with Crippen molar-refractivity contribution in [2.24, 2.45) is 0 Å². The lowest BCUT2D eigenvalue weighted by molar-refractivity contribution is -0.120. The van der Waals surface area contributed by atoms with Gasteiger partial charge in [0.15, 0.2) is 4.96 Å². The third-order valence-electron chi connectivity index (χ3n) is 5.50. The number of nitrogens with one attached hydrogen (secondary N) is 1. The Labute approximate surface area is 210 Å². The van der Waals surface area contributed by atoms with Gasteiger partial charge in [0.2, 0.25) is 0 Å². The quantitative estimate of drug-likeness (QED) is 0.411. The lowest BCUT2D eigenvalue weighted by Crippen LogP contribution is -2.49. The zero-order valence-corrected chi connectivity index (χ0v) is 20.8. The number of aliphatic hydroxyl groups is 1. The largest absolute Gasteiger partial charge is 0.489 e. The first-order chi connectivity index (χ1) is 17.1. The van der Waals surface area contributed by atoms with Crippen LogP contribution in [-0.2, 0) is 4.79 Å². The fourth-order valence-electron chi connectivity index (χ4n) is 3.70. The highest BCUT2D eigenvalue weighted by atomic mass is 32.1. The Morgan fingerprint density at radius 3 is 2.86 bits per heavy atom. The average molecular weight is 506 g/mol. The number of benzene rings is 1. The standard InChI is InChI=1S/C25H23N5O5S/c1-14-9-16(28-35-14)20-13-36-24-27-17(11-30(20)24)22(31)26-18-12-34-21-6-5-15(7-8-25(2,3)33)10-19(21)29(4)23(18)32/h5-6,9-11,13,18,33H,12H2,1-4H3,(H,26,31)/t18-/m0/s1. The maximum Gasteiger partial charge on any atom is 0.272 e. The highest BCUT2D eigenvalue weighted by molar-refractivity contribution is 7.15. The van der Waals surface area contributed by atoms with Gasteiger partial charge in [0, 0.05) is 30.3 Å². The van der Waals surface area contributed by atoms with Gasteiger partial charge in [-0.05, 0) is 39.0 Å². The summed E-state index contributed by atoms with van der Waals surface area (Å²) >= 11 is 1.37. The number of aryl methyl sites for hydroxylation is 1. The number of imidazole rings is 1. The molecule has 0 fully saturated rings. The smallest absolute Gasteiger partial charge is 0.272 e. The highest BCUT2D eigenvalue weighted by Gasteiger charge is 2.31. The Morgan fingerprint density at radius 2 is 2.14 bits per heavy atom. The van der Waals surface area contributed by atoms with Crippen LogP contribution in [0.25, 0.3) is 16.3 Å². The van der Waals surface area contributed by atoms with E-state index in [0.29, 0.717) is 33.4 Å². The molecule has 0 saturated heterocycles. The van der Waals surface area contributed by atoms with E-state index in [1.54, 1.807) is 62.7 Å². The van der Waals surface area contributed by atoms with Crippen molar-refractivity contribution in [2.45, 2.75) is 32.4 Å². The van der Waals surface area contributed by atoms with Crippen LogP contribution in [0.5, 0.6) is 5.75 Å². The third kappa shape index (κ3) is 4.56. The number of ether oxygens (including phenoxy) is 1. The fraction of sp³-hybridized carbons (Fsp3) is 0.280. The van der Waals surface area contributed by atoms with Crippen molar-refractivity contribution in [1.82, 2.24) is 19.9 Å². The molecule has 0 saturated carbocycles. The summed E-state index contributed by atoms with van der Waals surface area (Å²) < 4.78 is 12.8. The number of anilines is 1. The van der Waals surface area contributed by atoms with Crippen LogP contribution in [0.2, 0.25) is 0 Å². The zero-order chi connectivity index (χ0) is 25.6. The molecule has 0 aliphatic carbocycles. The van der Waals surface area contributed by atoms with Gasteiger partial charge in [0.05, 0.1) is 11.4 Å². The van der Waals surface area contributed by atoms with Gasteiger partial charge in [-0.25, -0.2) is 4.98 Å². The lowest BCUT2D eigenvalue weighted by atomic mass is 10.1. The van der Waals surface area contributed by atoms with Crippen molar-refractivity contribution in [1.29, 1.82) is 0 Å². The molecule has 36 heavy (non-hydrogen) atoms. The lowest BCUT2D eigenvalue weighted by Gasteiger charge is -2.20. The molecule has 0 bridgehead atoms. The number of amides is 2. The number of hydrogen-bond donors (Lipinski definition) is 2. The number of hydrogen-bond acceptors (Lipinski definition) is 8. The number of carbonyl (C=O) groups is 2. The average Bonchev–Trinajstić information content (AvgIpc) is 3.53. The molecular weight excluding hydrogens is 482 g/mol. The summed E-state index contributed by atoms with van der Waals surface area (Å²) in [6.07, 6.45) is 1.61. The molecule has 5 rings (SSSR count). The second-order valence-electron chi connectivity index (χ2n) is 8.95. The second kappa shape index (κ2) is 8.82. The molecule has 0 spiro atoms. The van der Waals surface area contributed by atoms with E-state index < -0.39 is 17.6 Å². The molecule has 2 amide bonds. The van der Waals surface area contributed by atoms with Gasteiger partial charge in [-0.15, -0.1) is 11.3 Å². The van der Waals surface area contributed by atoms with Crippen molar-refractivity contribution in [3.05, 3.63) is 52.9 Å². The Kier molecular flexibility index (Phi) is 5.78. The summed E-state index contributed by atoms with van der Waals surface area (Å²) in [6.45, 7) is 4.95. The Balaban J connectivity index is 1.35. The van der Waals surface area contributed by atoms with Gasteiger partial charge < -0.3 is 24.6 Å². The molecule has 4 heterocycles. The Bertz CT molecular complexity index is 1550. The van der Waals surface area contributed by atoms with E-state index in [4.69, 9.17) is 9.26 Å². The zero-order valence-electron chi connectivity index (χ0n) is 20.0. The molecule has 11 heteroatoms. The summed E-state index contributed by atoms with van der Waals surface area (Å²) in [5.74, 6) is 5.99. The summed E-state index contributed by atoms with van der Waals surface area (Å²) in [5.41, 5.74) is 1.57. The fourth-order valence-corrected chi connectivity index (χ4v) is 4.57. The summed E-state index contributed by atoms with van der Waals surface area (Å²) in [7, 11) is 1.61. The maximum atomic E-state index is 13.2. The first-order valence-electron chi connectivity index (χ1n) is 11.1. The number of aromatic nitrogens is 3. The minimum Gasteiger partial charge on any atom is -0.489 e. The van der Waals surface area contributed by atoms with Crippen molar-refractivity contribution in [3.63, 3.8) is 0 Å². The molecule has 4 aromatic rings. The van der Waals surface area contributed by atoms with E-state index in [2.05, 4.69) is 27.3 Å². The molecule has 3 aromatic heterocycles. The van der Waals surface area contributed by atoms with E-state index in [1.165, 1.54) is 16.2 Å². The molecule has 1 aliphatic rings. The molecule has 1 atom stereocenters. The number of likely N-dealkylation sites (N-methyl/N-ethyl adjacent to an activating group) is 1. The van der Waals surface area contributed by atoms with Crippen LogP contribution in [0, 0.1) is 18.8 Å². The molecule has 184 valence electrons. The number of carbonyl (C=O) groups excluding carboxylic acids is 2. The predicted molar refractivity (Wildman–Crippen MR) is 133 cm³/mol. The van der Waals surface area contributed by atoms with Gasteiger partial charge in [-0.1, -0.05) is 17.0 Å². The normalized spacial score (nSPS) is 15.6.